The maximum absolute atomic E-state index is 12.3. The van der Waals surface area contributed by atoms with Gasteiger partial charge in [0.15, 0.2) is 0 Å². The second-order valence-electron chi connectivity index (χ2n) is 6.41. The van der Waals surface area contributed by atoms with Gasteiger partial charge in [0, 0.05) is 32.2 Å². The average molecular weight is 331 g/mol. The summed E-state index contributed by atoms with van der Waals surface area (Å²) in [6.45, 7) is 2.50. The molecule has 0 spiro atoms. The first kappa shape index (κ1) is 16.6. The van der Waals surface area contributed by atoms with Crippen LogP contribution >= 0.6 is 0 Å². The minimum atomic E-state index is -0.451. The van der Waals surface area contributed by atoms with Gasteiger partial charge in [0.2, 0.25) is 0 Å². The molecule has 1 N–H and O–H groups in total. The fourth-order valence-electron chi connectivity index (χ4n) is 3.50. The summed E-state index contributed by atoms with van der Waals surface area (Å²) in [5, 5.41) is 2.87. The van der Waals surface area contributed by atoms with Crippen LogP contribution in [-0.2, 0) is 9.59 Å². The van der Waals surface area contributed by atoms with Crippen molar-refractivity contribution in [2.24, 2.45) is 0 Å². The van der Waals surface area contributed by atoms with E-state index in [1.807, 2.05) is 24.3 Å². The normalized spacial score (nSPS) is 18.5. The van der Waals surface area contributed by atoms with Crippen LogP contribution in [0.15, 0.2) is 24.3 Å². The van der Waals surface area contributed by atoms with Gasteiger partial charge in [0.1, 0.15) is 5.75 Å². The Hall–Kier alpha value is -2.24. The number of hydrogen-bond acceptors (Lipinski definition) is 4. The van der Waals surface area contributed by atoms with E-state index in [4.69, 9.17) is 4.74 Å². The lowest BCUT2D eigenvalue weighted by Crippen LogP contribution is -2.53. The summed E-state index contributed by atoms with van der Waals surface area (Å²) in [6.07, 6.45) is 4.24. The van der Waals surface area contributed by atoms with Crippen molar-refractivity contribution in [3.05, 3.63) is 24.3 Å². The second-order valence-corrected chi connectivity index (χ2v) is 6.41. The van der Waals surface area contributed by atoms with E-state index in [1.165, 1.54) is 0 Å². The lowest BCUT2D eigenvalue weighted by atomic mass is 10.2. The Balaban J connectivity index is 1.54. The first-order chi connectivity index (χ1) is 11.7. The van der Waals surface area contributed by atoms with Gasteiger partial charge in [-0.1, -0.05) is 25.0 Å². The highest BCUT2D eigenvalue weighted by molar-refractivity contribution is 6.35. The van der Waals surface area contributed by atoms with E-state index in [9.17, 15) is 9.59 Å². The molecule has 1 saturated carbocycles. The third-order valence-electron chi connectivity index (χ3n) is 4.88. The van der Waals surface area contributed by atoms with Crippen molar-refractivity contribution in [1.29, 1.82) is 0 Å². The molecule has 0 radical (unpaired) electrons. The van der Waals surface area contributed by atoms with Crippen LogP contribution in [0.5, 0.6) is 5.75 Å². The zero-order valence-electron chi connectivity index (χ0n) is 14.2. The number of amides is 2. The quantitative estimate of drug-likeness (QED) is 0.851. The number of methoxy groups -OCH3 is 1. The van der Waals surface area contributed by atoms with Crippen LogP contribution in [0, 0.1) is 0 Å². The van der Waals surface area contributed by atoms with E-state index in [1.54, 1.807) is 12.0 Å². The van der Waals surface area contributed by atoms with Gasteiger partial charge in [-0.3, -0.25) is 9.59 Å². The molecule has 0 atom stereocenters. The van der Waals surface area contributed by atoms with Gasteiger partial charge in [0.05, 0.1) is 12.8 Å². The van der Waals surface area contributed by atoms with E-state index >= 15 is 0 Å². The number of rotatable bonds is 3. The third-order valence-corrected chi connectivity index (χ3v) is 4.88. The predicted molar refractivity (Wildman–Crippen MR) is 92.2 cm³/mol. The van der Waals surface area contributed by atoms with Crippen molar-refractivity contribution < 1.29 is 14.3 Å². The molecule has 1 saturated heterocycles. The zero-order chi connectivity index (χ0) is 16.9. The van der Waals surface area contributed by atoms with Crippen LogP contribution in [0.1, 0.15) is 25.7 Å². The molecule has 3 rings (SSSR count). The number of anilines is 1. The van der Waals surface area contributed by atoms with Crippen molar-refractivity contribution in [1.82, 2.24) is 10.2 Å². The molecule has 1 aliphatic heterocycles. The molecule has 6 heteroatoms. The first-order valence-corrected chi connectivity index (χ1v) is 8.67. The fraction of sp³-hybridized carbons (Fsp3) is 0.556. The Kier molecular flexibility index (Phi) is 5.23. The third kappa shape index (κ3) is 3.63. The highest BCUT2D eigenvalue weighted by Crippen LogP contribution is 2.28. The fourth-order valence-corrected chi connectivity index (χ4v) is 3.50. The number of para-hydroxylation sites is 2. The molecule has 2 amide bonds. The summed E-state index contributed by atoms with van der Waals surface area (Å²) in [5.41, 5.74) is 1.03. The van der Waals surface area contributed by atoms with Crippen LogP contribution in [0.25, 0.3) is 0 Å². The Morgan fingerprint density at radius 1 is 1.08 bits per heavy atom. The summed E-state index contributed by atoms with van der Waals surface area (Å²) in [5.74, 6) is -0.0227. The summed E-state index contributed by atoms with van der Waals surface area (Å²) < 4.78 is 5.40. The first-order valence-electron chi connectivity index (χ1n) is 8.67. The molecule has 24 heavy (non-hydrogen) atoms. The topological polar surface area (TPSA) is 61.9 Å². The molecule has 1 aliphatic carbocycles. The van der Waals surface area contributed by atoms with Crippen molar-refractivity contribution in [2.45, 2.75) is 31.7 Å². The molecule has 0 unspecified atom stereocenters. The molecule has 1 aromatic rings. The summed E-state index contributed by atoms with van der Waals surface area (Å²) in [7, 11) is 1.66. The van der Waals surface area contributed by atoms with Gasteiger partial charge in [-0.2, -0.15) is 0 Å². The van der Waals surface area contributed by atoms with Crippen molar-refractivity contribution in [3.8, 4) is 5.75 Å². The molecular formula is C18H25N3O3. The number of hydrogen-bond donors (Lipinski definition) is 1. The predicted octanol–water partition coefficient (Wildman–Crippen LogP) is 1.40. The molecule has 1 aromatic carbocycles. The average Bonchev–Trinajstić information content (AvgIpc) is 3.14. The van der Waals surface area contributed by atoms with Crippen LogP contribution < -0.4 is 15.0 Å². The smallest absolute Gasteiger partial charge is 0.312 e. The number of piperazine rings is 1. The van der Waals surface area contributed by atoms with Crippen LogP contribution in [-0.4, -0.2) is 56.0 Å². The minimum absolute atomic E-state index is 0.177. The van der Waals surface area contributed by atoms with Gasteiger partial charge in [-0.25, -0.2) is 0 Å². The molecule has 6 nitrogen and oxygen atoms in total. The van der Waals surface area contributed by atoms with Gasteiger partial charge >= 0.3 is 11.8 Å². The SMILES string of the molecule is COc1ccccc1N1CCN(C(=O)C(=O)NC2CCCC2)CC1. The summed E-state index contributed by atoms with van der Waals surface area (Å²) in [4.78, 5) is 28.3. The number of benzene rings is 1. The molecule has 130 valence electrons. The van der Waals surface area contributed by atoms with Crippen molar-refractivity contribution in [2.75, 3.05) is 38.2 Å². The minimum Gasteiger partial charge on any atom is -0.495 e. The van der Waals surface area contributed by atoms with E-state index in [0.29, 0.717) is 26.2 Å². The lowest BCUT2D eigenvalue weighted by Gasteiger charge is -2.36. The van der Waals surface area contributed by atoms with Gasteiger partial charge in [-0.05, 0) is 25.0 Å². The van der Waals surface area contributed by atoms with Gasteiger partial charge in [-0.15, -0.1) is 0 Å². The van der Waals surface area contributed by atoms with Crippen LogP contribution in [0.2, 0.25) is 0 Å². The van der Waals surface area contributed by atoms with E-state index in [0.717, 1.165) is 37.1 Å². The lowest BCUT2D eigenvalue weighted by molar-refractivity contribution is -0.146. The molecule has 2 fully saturated rings. The second kappa shape index (κ2) is 7.55. The Labute approximate surface area is 142 Å². The Morgan fingerprint density at radius 2 is 1.75 bits per heavy atom. The molecule has 0 aromatic heterocycles. The highest BCUT2D eigenvalue weighted by Gasteiger charge is 2.28. The van der Waals surface area contributed by atoms with E-state index < -0.39 is 11.8 Å². The van der Waals surface area contributed by atoms with Crippen molar-refractivity contribution in [3.63, 3.8) is 0 Å². The maximum Gasteiger partial charge on any atom is 0.312 e. The summed E-state index contributed by atoms with van der Waals surface area (Å²) in [6, 6.07) is 8.04. The number of nitrogens with zero attached hydrogens (tertiary/aromatic N) is 2. The number of carbonyl (C=O) groups is 2. The van der Waals surface area contributed by atoms with E-state index in [-0.39, 0.29) is 6.04 Å². The highest BCUT2D eigenvalue weighted by atomic mass is 16.5. The Morgan fingerprint density at radius 3 is 2.42 bits per heavy atom. The standard InChI is InChI=1S/C18H25N3O3/c1-24-16-9-5-4-8-15(16)20-10-12-21(13-11-20)18(23)17(22)19-14-6-2-3-7-14/h4-5,8-9,14H,2-3,6-7,10-13H2,1H3,(H,19,22). The Bertz CT molecular complexity index is 591. The largest absolute Gasteiger partial charge is 0.495 e. The zero-order valence-corrected chi connectivity index (χ0v) is 14.2. The molecule has 0 bridgehead atoms. The molecule has 1 heterocycles. The maximum atomic E-state index is 12.3. The number of nitrogens with one attached hydrogen (secondary N) is 1. The monoisotopic (exact) mass is 331 g/mol. The van der Waals surface area contributed by atoms with Crippen LogP contribution in [0.4, 0.5) is 5.69 Å². The number of ether oxygens (including phenoxy) is 1. The summed E-state index contributed by atoms with van der Waals surface area (Å²) >= 11 is 0. The van der Waals surface area contributed by atoms with Crippen molar-refractivity contribution >= 4 is 17.5 Å². The molecule has 2 aliphatic rings. The number of carbonyl (C=O) groups excluding carboxylic acids is 2. The van der Waals surface area contributed by atoms with E-state index in [2.05, 4.69) is 10.2 Å². The van der Waals surface area contributed by atoms with Crippen LogP contribution in [0.3, 0.4) is 0 Å². The van der Waals surface area contributed by atoms with Gasteiger partial charge in [0.25, 0.3) is 0 Å². The molecular weight excluding hydrogens is 306 g/mol. The van der Waals surface area contributed by atoms with Gasteiger partial charge < -0.3 is 19.9 Å².